The van der Waals surface area contributed by atoms with Crippen LogP contribution in [-0.4, -0.2) is 0 Å². The van der Waals surface area contributed by atoms with Crippen LogP contribution in [0.15, 0.2) is 28.7 Å². The quantitative estimate of drug-likeness (QED) is 0.749. The lowest BCUT2D eigenvalue weighted by Gasteiger charge is -2.13. The van der Waals surface area contributed by atoms with E-state index in [2.05, 4.69) is 21.2 Å². The molecule has 0 radical (unpaired) electrons. The summed E-state index contributed by atoms with van der Waals surface area (Å²) >= 11 is 9.37. The fraction of sp³-hybridized carbons (Fsp3) is 0.0769. The third kappa shape index (κ3) is 2.98. The normalized spacial score (nSPS) is 10.6. The van der Waals surface area contributed by atoms with Crippen LogP contribution in [0.3, 0.4) is 0 Å². The molecule has 0 bridgehead atoms. The Balaban J connectivity index is 2.44. The number of nitrogens with one attached hydrogen (secondary N) is 1. The first-order valence-corrected chi connectivity index (χ1v) is 6.52. The zero-order chi connectivity index (χ0) is 14.2. The van der Waals surface area contributed by atoms with Gasteiger partial charge < -0.3 is 11.1 Å². The maximum absolute atomic E-state index is 13.3. The summed E-state index contributed by atoms with van der Waals surface area (Å²) in [4.78, 5) is 0. The molecule has 2 nitrogen and oxygen atoms in total. The molecule has 2 aromatic rings. The van der Waals surface area contributed by atoms with E-state index in [1.54, 1.807) is 12.1 Å². The summed E-state index contributed by atoms with van der Waals surface area (Å²) in [5, 5.41) is 3.40. The molecular formula is C13H10BrClF2N2. The van der Waals surface area contributed by atoms with Crippen LogP contribution in [0.5, 0.6) is 0 Å². The number of aryl methyl sites for hydroxylation is 1. The Hall–Kier alpha value is -1.33. The highest BCUT2D eigenvalue weighted by atomic mass is 79.9. The number of halogens is 4. The van der Waals surface area contributed by atoms with Crippen molar-refractivity contribution in [3.05, 3.63) is 51.0 Å². The van der Waals surface area contributed by atoms with Crippen LogP contribution in [0.25, 0.3) is 0 Å². The van der Waals surface area contributed by atoms with Crippen molar-refractivity contribution in [3.63, 3.8) is 0 Å². The smallest absolute Gasteiger partial charge is 0.151 e. The van der Waals surface area contributed by atoms with Gasteiger partial charge in [0.15, 0.2) is 5.82 Å². The number of hydrogen-bond acceptors (Lipinski definition) is 2. The third-order valence-electron chi connectivity index (χ3n) is 2.61. The number of nitrogens with two attached hydrogens (primary N) is 1. The number of benzene rings is 2. The van der Waals surface area contributed by atoms with Gasteiger partial charge in [0, 0.05) is 15.6 Å². The van der Waals surface area contributed by atoms with Crippen LogP contribution in [0.2, 0.25) is 5.02 Å². The predicted octanol–water partition coefficient (Wildman–Crippen LogP) is 5.01. The highest BCUT2D eigenvalue weighted by Gasteiger charge is 2.11. The molecular weight excluding hydrogens is 338 g/mol. The number of hydrogen-bond donors (Lipinski definition) is 2. The Labute approximate surface area is 122 Å². The van der Waals surface area contributed by atoms with Crippen LogP contribution in [0.4, 0.5) is 25.8 Å². The van der Waals surface area contributed by atoms with Gasteiger partial charge in [0.25, 0.3) is 0 Å². The highest BCUT2D eigenvalue weighted by Crippen LogP contribution is 2.34. The predicted molar refractivity (Wildman–Crippen MR) is 77.9 cm³/mol. The van der Waals surface area contributed by atoms with E-state index in [1.807, 2.05) is 6.92 Å². The van der Waals surface area contributed by atoms with E-state index in [4.69, 9.17) is 17.3 Å². The van der Waals surface area contributed by atoms with Crippen LogP contribution in [-0.2, 0) is 0 Å². The van der Waals surface area contributed by atoms with Crippen LogP contribution in [0.1, 0.15) is 5.56 Å². The second-order valence-corrected chi connectivity index (χ2v) is 5.32. The van der Waals surface area contributed by atoms with Crippen LogP contribution in [0, 0.1) is 18.6 Å². The molecule has 6 heteroatoms. The molecule has 0 spiro atoms. The maximum Gasteiger partial charge on any atom is 0.151 e. The first-order chi connectivity index (χ1) is 8.88. The molecule has 0 atom stereocenters. The molecule has 2 aromatic carbocycles. The van der Waals surface area contributed by atoms with Gasteiger partial charge in [-0.2, -0.15) is 0 Å². The van der Waals surface area contributed by atoms with Crippen molar-refractivity contribution in [1.29, 1.82) is 0 Å². The summed E-state index contributed by atoms with van der Waals surface area (Å²) in [6, 6.07) is 5.32. The van der Waals surface area contributed by atoms with E-state index in [9.17, 15) is 8.78 Å². The van der Waals surface area contributed by atoms with Crippen molar-refractivity contribution in [2.75, 3.05) is 11.1 Å². The number of nitrogen functional groups attached to an aromatic ring is 1. The molecule has 19 heavy (non-hydrogen) atoms. The van der Waals surface area contributed by atoms with Crippen LogP contribution < -0.4 is 11.1 Å². The third-order valence-corrected chi connectivity index (χ3v) is 3.68. The minimum Gasteiger partial charge on any atom is -0.395 e. The van der Waals surface area contributed by atoms with Gasteiger partial charge in [-0.3, -0.25) is 0 Å². The Morgan fingerprint density at radius 2 is 1.84 bits per heavy atom. The van der Waals surface area contributed by atoms with Crippen LogP contribution >= 0.6 is 27.5 Å². The van der Waals surface area contributed by atoms with Crippen molar-refractivity contribution < 1.29 is 8.78 Å². The molecule has 2 rings (SSSR count). The van der Waals surface area contributed by atoms with Gasteiger partial charge >= 0.3 is 0 Å². The molecule has 0 fully saturated rings. The average molecular weight is 348 g/mol. The highest BCUT2D eigenvalue weighted by molar-refractivity contribution is 9.10. The standard InChI is InChI=1S/C13H10BrClF2N2/c1-6-2-8(14)11(5-9(6)15)19-12-4-7(16)3-10(17)13(12)18/h2-5,19H,18H2,1H3. The molecule has 0 aliphatic rings. The van der Waals surface area contributed by atoms with E-state index >= 15 is 0 Å². The van der Waals surface area contributed by atoms with E-state index in [1.165, 1.54) is 0 Å². The van der Waals surface area contributed by atoms with Crippen molar-refractivity contribution >= 4 is 44.6 Å². The van der Waals surface area contributed by atoms with Crippen molar-refractivity contribution in [3.8, 4) is 0 Å². The fourth-order valence-electron chi connectivity index (χ4n) is 1.58. The minimum absolute atomic E-state index is 0.148. The molecule has 3 N–H and O–H groups in total. The van der Waals surface area contributed by atoms with E-state index < -0.39 is 11.6 Å². The first kappa shape index (κ1) is 14.1. The minimum atomic E-state index is -0.808. The van der Waals surface area contributed by atoms with Gasteiger partial charge in [0.1, 0.15) is 5.82 Å². The number of rotatable bonds is 2. The first-order valence-electron chi connectivity index (χ1n) is 5.35. The SMILES string of the molecule is Cc1cc(Br)c(Nc2cc(F)cc(F)c2N)cc1Cl. The molecule has 0 aromatic heterocycles. The number of anilines is 3. The summed E-state index contributed by atoms with van der Waals surface area (Å²) in [6.07, 6.45) is 0. The molecule has 0 aliphatic heterocycles. The van der Waals surface area contributed by atoms with Gasteiger partial charge in [-0.05, 0) is 46.6 Å². The summed E-state index contributed by atoms with van der Waals surface area (Å²) in [5.41, 5.74) is 7.03. The average Bonchev–Trinajstić information content (AvgIpc) is 2.32. The topological polar surface area (TPSA) is 38.0 Å². The Bertz CT molecular complexity index is 647. The molecule has 0 saturated heterocycles. The van der Waals surface area contributed by atoms with Crippen molar-refractivity contribution in [1.82, 2.24) is 0 Å². The van der Waals surface area contributed by atoms with Gasteiger partial charge in [-0.25, -0.2) is 8.78 Å². The molecule has 0 amide bonds. The largest absolute Gasteiger partial charge is 0.395 e. The maximum atomic E-state index is 13.3. The Morgan fingerprint density at radius 3 is 2.53 bits per heavy atom. The molecule has 0 heterocycles. The second-order valence-electron chi connectivity index (χ2n) is 4.06. The van der Waals surface area contributed by atoms with E-state index in [-0.39, 0.29) is 11.4 Å². The molecule has 0 unspecified atom stereocenters. The summed E-state index contributed by atoms with van der Waals surface area (Å²) in [7, 11) is 0. The van der Waals surface area contributed by atoms with Crippen molar-refractivity contribution in [2.24, 2.45) is 0 Å². The molecule has 100 valence electrons. The zero-order valence-corrected chi connectivity index (χ0v) is 12.2. The molecule has 0 saturated carbocycles. The summed E-state index contributed by atoms with van der Waals surface area (Å²) in [6.45, 7) is 1.85. The lowest BCUT2D eigenvalue weighted by molar-refractivity contribution is 0.587. The zero-order valence-electron chi connectivity index (χ0n) is 9.90. The fourth-order valence-corrected chi connectivity index (χ4v) is 2.30. The van der Waals surface area contributed by atoms with Gasteiger partial charge in [-0.1, -0.05) is 11.6 Å². The summed E-state index contributed by atoms with van der Waals surface area (Å²) < 4.78 is 27.2. The van der Waals surface area contributed by atoms with E-state index in [0.717, 1.165) is 22.2 Å². The molecule has 0 aliphatic carbocycles. The lowest BCUT2D eigenvalue weighted by Crippen LogP contribution is -2.01. The lowest BCUT2D eigenvalue weighted by atomic mass is 10.2. The monoisotopic (exact) mass is 346 g/mol. The van der Waals surface area contributed by atoms with Gasteiger partial charge in [0.2, 0.25) is 0 Å². The van der Waals surface area contributed by atoms with Gasteiger partial charge in [0.05, 0.1) is 17.1 Å². The second kappa shape index (κ2) is 5.35. The Kier molecular flexibility index (Phi) is 3.96. The van der Waals surface area contributed by atoms with Crippen molar-refractivity contribution in [2.45, 2.75) is 6.92 Å². The van der Waals surface area contributed by atoms with E-state index in [0.29, 0.717) is 10.7 Å². The summed E-state index contributed by atoms with van der Waals surface area (Å²) in [5.74, 6) is -1.51. The Morgan fingerprint density at radius 1 is 1.16 bits per heavy atom. The van der Waals surface area contributed by atoms with Gasteiger partial charge in [-0.15, -0.1) is 0 Å².